The lowest BCUT2D eigenvalue weighted by molar-refractivity contribution is -0.289. The van der Waals surface area contributed by atoms with Gasteiger partial charge in [-0.05, 0) is 24.3 Å². The molecular formula is C26H28O14. The molecule has 1 unspecified atom stereocenters. The van der Waals surface area contributed by atoms with E-state index in [0.29, 0.717) is 5.56 Å². The molecule has 9 atom stereocenters. The highest BCUT2D eigenvalue weighted by molar-refractivity contribution is 5.89. The molecule has 0 aliphatic carbocycles. The van der Waals surface area contributed by atoms with Crippen molar-refractivity contribution >= 4 is 11.0 Å². The van der Waals surface area contributed by atoms with Gasteiger partial charge < -0.3 is 64.6 Å². The molecule has 2 aliphatic heterocycles. The van der Waals surface area contributed by atoms with Crippen LogP contribution >= 0.6 is 0 Å². The van der Waals surface area contributed by atoms with Crippen LogP contribution in [0.2, 0.25) is 0 Å². The first kappa shape index (κ1) is 28.2. The summed E-state index contributed by atoms with van der Waals surface area (Å²) in [5.74, 6) is -1.39. The molecule has 14 heteroatoms. The van der Waals surface area contributed by atoms with Crippen LogP contribution in [0.3, 0.4) is 0 Å². The number of aromatic hydroxyl groups is 3. The maximum atomic E-state index is 13.1. The van der Waals surface area contributed by atoms with Crippen LogP contribution in [0.25, 0.3) is 22.3 Å². The number of ether oxygens (including phenoxy) is 3. The number of aliphatic hydroxyl groups is 6. The van der Waals surface area contributed by atoms with Gasteiger partial charge in [0.05, 0.1) is 18.8 Å². The zero-order valence-corrected chi connectivity index (χ0v) is 20.6. The van der Waals surface area contributed by atoms with Gasteiger partial charge >= 0.3 is 0 Å². The lowest BCUT2D eigenvalue weighted by Gasteiger charge is -2.43. The van der Waals surface area contributed by atoms with Gasteiger partial charge in [-0.25, -0.2) is 0 Å². The average molecular weight is 564 g/mol. The Hall–Kier alpha value is -3.31. The molecule has 3 aromatic rings. The zero-order chi connectivity index (χ0) is 28.9. The van der Waals surface area contributed by atoms with Crippen molar-refractivity contribution in [3.8, 4) is 28.6 Å². The Kier molecular flexibility index (Phi) is 7.71. The smallest absolute Gasteiger partial charge is 0.197 e. The topological polar surface area (TPSA) is 240 Å². The van der Waals surface area contributed by atoms with E-state index in [0.717, 1.165) is 12.1 Å². The summed E-state index contributed by atoms with van der Waals surface area (Å²) in [6, 6.07) is 7.52. The van der Waals surface area contributed by atoms with Crippen molar-refractivity contribution in [2.45, 2.75) is 55.1 Å². The van der Waals surface area contributed by atoms with Crippen molar-refractivity contribution in [2.24, 2.45) is 0 Å². The third-order valence-electron chi connectivity index (χ3n) is 7.09. The van der Waals surface area contributed by atoms with E-state index >= 15 is 0 Å². The molecule has 1 aromatic heterocycles. The van der Waals surface area contributed by atoms with Crippen LogP contribution in [0, 0.1) is 0 Å². The average Bonchev–Trinajstić information content (AvgIpc) is 3.20. The van der Waals surface area contributed by atoms with Gasteiger partial charge in [0.1, 0.15) is 77.2 Å². The van der Waals surface area contributed by atoms with E-state index in [2.05, 4.69) is 0 Å². The summed E-state index contributed by atoms with van der Waals surface area (Å²) in [4.78, 5) is 13.1. The molecule has 0 radical (unpaired) electrons. The zero-order valence-electron chi connectivity index (χ0n) is 20.6. The number of hydrogen-bond acceptors (Lipinski definition) is 14. The van der Waals surface area contributed by atoms with Gasteiger partial charge in [-0.15, -0.1) is 0 Å². The summed E-state index contributed by atoms with van der Waals surface area (Å²) < 4.78 is 22.8. The lowest BCUT2D eigenvalue weighted by Crippen LogP contribution is -2.57. The summed E-state index contributed by atoms with van der Waals surface area (Å²) in [6.45, 7) is -1.45. The molecule has 0 spiro atoms. The van der Waals surface area contributed by atoms with Crippen molar-refractivity contribution in [1.82, 2.24) is 0 Å². The van der Waals surface area contributed by atoms with E-state index in [1.807, 2.05) is 0 Å². The Morgan fingerprint density at radius 3 is 2.02 bits per heavy atom. The monoisotopic (exact) mass is 564 g/mol. The van der Waals surface area contributed by atoms with Gasteiger partial charge in [-0.2, -0.15) is 0 Å². The highest BCUT2D eigenvalue weighted by Crippen LogP contribution is 2.45. The molecule has 3 heterocycles. The Morgan fingerprint density at radius 2 is 1.40 bits per heavy atom. The first-order chi connectivity index (χ1) is 19.0. The highest BCUT2D eigenvalue weighted by atomic mass is 16.7. The van der Waals surface area contributed by atoms with E-state index in [-0.39, 0.29) is 28.0 Å². The summed E-state index contributed by atoms with van der Waals surface area (Å²) in [7, 11) is 0. The van der Waals surface area contributed by atoms with Gasteiger partial charge in [0.15, 0.2) is 17.3 Å². The maximum Gasteiger partial charge on any atom is 0.197 e. The van der Waals surface area contributed by atoms with E-state index < -0.39 is 85.3 Å². The summed E-state index contributed by atoms with van der Waals surface area (Å²) in [5.41, 5.74) is -1.07. The molecule has 2 saturated heterocycles. The summed E-state index contributed by atoms with van der Waals surface area (Å²) in [5, 5.41) is 91.9. The molecular weight excluding hydrogens is 536 g/mol. The molecule has 14 nitrogen and oxygen atoms in total. The van der Waals surface area contributed by atoms with E-state index in [4.69, 9.17) is 18.6 Å². The van der Waals surface area contributed by atoms with Crippen LogP contribution in [0.1, 0.15) is 11.7 Å². The second-order valence-electron chi connectivity index (χ2n) is 9.62. The minimum atomic E-state index is -1.84. The van der Waals surface area contributed by atoms with Crippen LogP contribution in [0.5, 0.6) is 17.2 Å². The second kappa shape index (κ2) is 10.9. The van der Waals surface area contributed by atoms with Gasteiger partial charge in [0.2, 0.25) is 0 Å². The summed E-state index contributed by atoms with van der Waals surface area (Å²) in [6.07, 6.45) is -14.4. The Labute approximate surface area is 225 Å². The first-order valence-electron chi connectivity index (χ1n) is 12.3. The Morgan fingerprint density at radius 1 is 0.775 bits per heavy atom. The molecule has 216 valence electrons. The second-order valence-corrected chi connectivity index (χ2v) is 9.62. The number of benzene rings is 2. The number of aliphatic hydroxyl groups excluding tert-OH is 6. The molecule has 5 rings (SSSR count). The molecule has 9 N–H and O–H groups in total. The molecule has 0 amide bonds. The molecule has 0 bridgehead atoms. The van der Waals surface area contributed by atoms with Crippen LogP contribution in [-0.4, -0.2) is 108 Å². The predicted molar refractivity (Wildman–Crippen MR) is 132 cm³/mol. The van der Waals surface area contributed by atoms with Gasteiger partial charge in [-0.1, -0.05) is 0 Å². The third-order valence-corrected chi connectivity index (χ3v) is 7.09. The first-order valence-corrected chi connectivity index (χ1v) is 12.3. The Balaban J connectivity index is 1.67. The van der Waals surface area contributed by atoms with E-state index in [9.17, 15) is 50.8 Å². The number of phenols is 3. The summed E-state index contributed by atoms with van der Waals surface area (Å²) >= 11 is 0. The maximum absolute atomic E-state index is 13.1. The van der Waals surface area contributed by atoms with Crippen molar-refractivity contribution in [3.05, 3.63) is 52.2 Å². The van der Waals surface area contributed by atoms with Crippen LogP contribution in [0.15, 0.2) is 45.6 Å². The third kappa shape index (κ3) is 4.79. The minimum Gasteiger partial charge on any atom is -0.508 e. The molecule has 2 fully saturated rings. The standard InChI is InChI=1S/C26H28O14/c27-7-15-19(33)21(35)25(40-26-22(36)20(34)16(8-28)39-26)24(38-15)18-12(31)5-11(30)17-13(32)6-14(37-23(17)18)9-1-3-10(29)4-2-9/h1-6,15-16,19-22,24-31,33-36H,7-8H2/t15-,16-,19-,20+,21+,22-,24?,25-,26+/m1/s1. The van der Waals surface area contributed by atoms with Crippen molar-refractivity contribution in [3.63, 3.8) is 0 Å². The predicted octanol–water partition coefficient (Wildman–Crippen LogP) is -1.45. The molecule has 2 aliphatic rings. The fourth-order valence-corrected chi connectivity index (χ4v) is 4.97. The van der Waals surface area contributed by atoms with Gasteiger partial charge in [0, 0.05) is 17.7 Å². The van der Waals surface area contributed by atoms with Gasteiger partial charge in [0.25, 0.3) is 0 Å². The van der Waals surface area contributed by atoms with E-state index in [1.165, 1.54) is 24.3 Å². The lowest BCUT2D eigenvalue weighted by atomic mass is 9.89. The van der Waals surface area contributed by atoms with Crippen molar-refractivity contribution in [1.29, 1.82) is 0 Å². The van der Waals surface area contributed by atoms with Crippen LogP contribution in [0.4, 0.5) is 0 Å². The molecule has 40 heavy (non-hydrogen) atoms. The van der Waals surface area contributed by atoms with Crippen molar-refractivity contribution in [2.75, 3.05) is 13.2 Å². The van der Waals surface area contributed by atoms with Crippen molar-refractivity contribution < 1.29 is 64.6 Å². The van der Waals surface area contributed by atoms with Gasteiger partial charge in [-0.3, -0.25) is 4.79 Å². The number of phenolic OH excluding ortho intramolecular Hbond substituents is 3. The fraction of sp³-hybridized carbons (Fsp3) is 0.423. The SMILES string of the molecule is O=c1cc(-c2ccc(O)cc2)oc2c(C3O[C@H](CO)[C@@H](O)[C@H](O)[C@H]3O[C@@H]3O[C@H](CO)[C@H](O)[C@H]3O)c(O)cc(O)c12. The van der Waals surface area contributed by atoms with E-state index in [1.54, 1.807) is 0 Å². The highest BCUT2D eigenvalue weighted by Gasteiger charge is 2.52. The van der Waals surface area contributed by atoms with Crippen LogP contribution in [-0.2, 0) is 14.2 Å². The molecule has 0 saturated carbocycles. The number of hydrogen-bond donors (Lipinski definition) is 9. The normalized spacial score (nSPS) is 32.5. The fourth-order valence-electron chi connectivity index (χ4n) is 4.97. The number of fused-ring (bicyclic) bond motifs is 1. The quantitative estimate of drug-likeness (QED) is 0.167. The number of rotatable bonds is 6. The Bertz CT molecular complexity index is 1420. The largest absolute Gasteiger partial charge is 0.508 e. The van der Waals surface area contributed by atoms with Crippen LogP contribution < -0.4 is 5.43 Å². The minimum absolute atomic E-state index is 0.0280. The molecule has 2 aromatic carbocycles.